The average Bonchev–Trinajstić information content (AvgIpc) is 2.33. The van der Waals surface area contributed by atoms with Crippen LogP contribution in [0.25, 0.3) is 0 Å². The standard InChI is InChI=1S/C10H25O6PSi/c1-6-9-18(14-4,15-5)16-10(7-2,8-3)17(11,12)13/h6-9H2,1-5H3,(H2,11,12,13). The minimum Gasteiger partial charge on any atom is -0.377 e. The molecule has 0 aromatic rings. The molecular weight excluding hydrogens is 275 g/mol. The molecule has 0 heterocycles. The van der Waals surface area contributed by atoms with Crippen LogP contribution in [0.2, 0.25) is 6.04 Å². The van der Waals surface area contributed by atoms with Gasteiger partial charge in [0.1, 0.15) is 0 Å². The van der Waals surface area contributed by atoms with Gasteiger partial charge in [-0.3, -0.25) is 4.57 Å². The quantitative estimate of drug-likeness (QED) is 0.502. The van der Waals surface area contributed by atoms with E-state index in [-0.39, 0.29) is 12.8 Å². The molecule has 0 unspecified atom stereocenters. The van der Waals surface area contributed by atoms with E-state index >= 15 is 0 Å². The third kappa shape index (κ3) is 3.87. The van der Waals surface area contributed by atoms with Crippen LogP contribution in [0.4, 0.5) is 0 Å². The van der Waals surface area contributed by atoms with E-state index in [4.69, 9.17) is 13.3 Å². The summed E-state index contributed by atoms with van der Waals surface area (Å²) in [6, 6.07) is 0.530. The van der Waals surface area contributed by atoms with Gasteiger partial charge in [0.25, 0.3) is 0 Å². The molecule has 0 rings (SSSR count). The van der Waals surface area contributed by atoms with Gasteiger partial charge in [-0.1, -0.05) is 27.2 Å². The van der Waals surface area contributed by atoms with Crippen molar-refractivity contribution in [3.63, 3.8) is 0 Å². The molecule has 0 bridgehead atoms. The maximum atomic E-state index is 11.7. The molecule has 6 nitrogen and oxygen atoms in total. The molecule has 18 heavy (non-hydrogen) atoms. The minimum absolute atomic E-state index is 0.207. The van der Waals surface area contributed by atoms with E-state index in [1.54, 1.807) is 13.8 Å². The summed E-state index contributed by atoms with van der Waals surface area (Å²) in [7, 11) is -4.50. The zero-order valence-electron chi connectivity index (χ0n) is 11.8. The fourth-order valence-electron chi connectivity index (χ4n) is 1.88. The van der Waals surface area contributed by atoms with Crippen LogP contribution in [0.3, 0.4) is 0 Å². The first-order valence-electron chi connectivity index (χ1n) is 6.12. The number of hydrogen-bond donors (Lipinski definition) is 2. The summed E-state index contributed by atoms with van der Waals surface area (Å²) in [4.78, 5) is 19.1. The van der Waals surface area contributed by atoms with Gasteiger partial charge in [0.2, 0.25) is 0 Å². The molecular formula is C10H25O6PSi. The molecule has 0 aliphatic carbocycles. The second-order valence-corrected chi connectivity index (χ2v) is 8.93. The van der Waals surface area contributed by atoms with Crippen molar-refractivity contribution >= 4 is 16.4 Å². The van der Waals surface area contributed by atoms with Crippen LogP contribution in [-0.2, 0) is 17.8 Å². The lowest BCUT2D eigenvalue weighted by Gasteiger charge is -2.39. The molecule has 0 aromatic carbocycles. The maximum absolute atomic E-state index is 11.7. The van der Waals surface area contributed by atoms with Crippen LogP contribution in [0.1, 0.15) is 40.0 Å². The van der Waals surface area contributed by atoms with Gasteiger partial charge in [-0.2, -0.15) is 0 Å². The Morgan fingerprint density at radius 2 is 1.56 bits per heavy atom. The molecule has 110 valence electrons. The highest BCUT2D eigenvalue weighted by molar-refractivity contribution is 7.53. The predicted molar refractivity (Wildman–Crippen MR) is 71.3 cm³/mol. The van der Waals surface area contributed by atoms with Crippen molar-refractivity contribution in [2.75, 3.05) is 14.2 Å². The molecule has 0 aliphatic rings. The Morgan fingerprint density at radius 1 is 1.11 bits per heavy atom. The van der Waals surface area contributed by atoms with E-state index in [0.29, 0.717) is 6.04 Å². The first-order valence-corrected chi connectivity index (χ1v) is 9.67. The molecule has 0 saturated heterocycles. The van der Waals surface area contributed by atoms with Crippen LogP contribution in [0.5, 0.6) is 0 Å². The summed E-state index contributed by atoms with van der Waals surface area (Å²) in [5.74, 6) is 0. The Hall–Kier alpha value is 0.247. The van der Waals surface area contributed by atoms with Crippen LogP contribution in [0, 0.1) is 0 Å². The van der Waals surface area contributed by atoms with Crippen LogP contribution in [0.15, 0.2) is 0 Å². The van der Waals surface area contributed by atoms with Gasteiger partial charge in [0.15, 0.2) is 5.34 Å². The third-order valence-electron chi connectivity index (χ3n) is 3.16. The van der Waals surface area contributed by atoms with Crippen LogP contribution in [-0.4, -0.2) is 38.2 Å². The molecule has 0 aromatic heterocycles. The summed E-state index contributed by atoms with van der Waals surface area (Å²) in [6.07, 6.45) is 1.18. The zero-order chi connectivity index (χ0) is 14.4. The summed E-state index contributed by atoms with van der Waals surface area (Å²) in [5.41, 5.74) is 0. The highest BCUT2D eigenvalue weighted by Crippen LogP contribution is 2.56. The highest BCUT2D eigenvalue weighted by atomic mass is 31.2. The van der Waals surface area contributed by atoms with Gasteiger partial charge in [0, 0.05) is 20.3 Å². The largest absolute Gasteiger partial charge is 0.501 e. The van der Waals surface area contributed by atoms with E-state index in [2.05, 4.69) is 0 Å². The molecule has 0 amide bonds. The number of hydrogen-bond acceptors (Lipinski definition) is 4. The average molecular weight is 300 g/mol. The lowest BCUT2D eigenvalue weighted by atomic mass is 10.2. The van der Waals surface area contributed by atoms with E-state index in [1.807, 2.05) is 6.92 Å². The Bertz CT molecular complexity index is 284. The molecule has 8 heteroatoms. The fraction of sp³-hybridized carbons (Fsp3) is 1.00. The van der Waals surface area contributed by atoms with Crippen molar-refractivity contribution in [2.45, 2.75) is 51.4 Å². The van der Waals surface area contributed by atoms with E-state index in [1.165, 1.54) is 14.2 Å². The normalized spacial score (nSPS) is 13.9. The summed E-state index contributed by atoms with van der Waals surface area (Å²) >= 11 is 0. The zero-order valence-corrected chi connectivity index (χ0v) is 13.7. The Balaban J connectivity index is 5.35. The molecule has 0 atom stereocenters. The van der Waals surface area contributed by atoms with Gasteiger partial charge in [-0.25, -0.2) is 0 Å². The lowest BCUT2D eigenvalue weighted by molar-refractivity contribution is 0.0119. The van der Waals surface area contributed by atoms with E-state index in [0.717, 1.165) is 6.42 Å². The second kappa shape index (κ2) is 7.14. The van der Waals surface area contributed by atoms with E-state index in [9.17, 15) is 14.4 Å². The second-order valence-electron chi connectivity index (χ2n) is 4.14. The van der Waals surface area contributed by atoms with Crippen LogP contribution >= 0.6 is 7.60 Å². The lowest BCUT2D eigenvalue weighted by Crippen LogP contribution is -2.51. The van der Waals surface area contributed by atoms with Crippen molar-refractivity contribution in [3.8, 4) is 0 Å². The topological polar surface area (TPSA) is 85.2 Å². The fourth-order valence-corrected chi connectivity index (χ4v) is 5.92. The van der Waals surface area contributed by atoms with Crippen molar-refractivity contribution < 1.29 is 27.6 Å². The molecule has 0 radical (unpaired) electrons. The third-order valence-corrected chi connectivity index (χ3v) is 8.17. The molecule has 0 saturated carbocycles. The molecule has 0 aliphatic heterocycles. The van der Waals surface area contributed by atoms with Crippen molar-refractivity contribution in [3.05, 3.63) is 0 Å². The van der Waals surface area contributed by atoms with Gasteiger partial charge in [0.05, 0.1) is 0 Å². The first-order chi connectivity index (χ1) is 8.26. The Kier molecular flexibility index (Phi) is 7.24. The summed E-state index contributed by atoms with van der Waals surface area (Å²) in [6.45, 7) is 5.33. The molecule has 0 spiro atoms. The van der Waals surface area contributed by atoms with Gasteiger partial charge in [-0.15, -0.1) is 0 Å². The Labute approximate surface area is 110 Å². The Morgan fingerprint density at radius 3 is 1.78 bits per heavy atom. The van der Waals surface area contributed by atoms with Gasteiger partial charge < -0.3 is 23.1 Å². The minimum atomic E-state index is -4.40. The van der Waals surface area contributed by atoms with Crippen molar-refractivity contribution in [2.24, 2.45) is 0 Å². The van der Waals surface area contributed by atoms with E-state index < -0.39 is 21.7 Å². The molecule has 0 fully saturated rings. The van der Waals surface area contributed by atoms with Crippen molar-refractivity contribution in [1.29, 1.82) is 0 Å². The predicted octanol–water partition coefficient (Wildman–Crippen LogP) is 2.34. The van der Waals surface area contributed by atoms with Crippen LogP contribution < -0.4 is 0 Å². The monoisotopic (exact) mass is 300 g/mol. The highest BCUT2D eigenvalue weighted by Gasteiger charge is 2.53. The first kappa shape index (κ1) is 18.2. The van der Waals surface area contributed by atoms with Gasteiger partial charge >= 0.3 is 16.4 Å². The SMILES string of the molecule is CCC[Si](OC)(OC)OC(CC)(CC)P(=O)(O)O. The number of rotatable bonds is 9. The smallest absolute Gasteiger partial charge is 0.377 e. The van der Waals surface area contributed by atoms with Gasteiger partial charge in [-0.05, 0) is 12.8 Å². The van der Waals surface area contributed by atoms with Crippen molar-refractivity contribution in [1.82, 2.24) is 0 Å². The molecule has 2 N–H and O–H groups in total. The summed E-state index contributed by atoms with van der Waals surface area (Å²) < 4.78 is 28.1. The maximum Gasteiger partial charge on any atom is 0.501 e. The summed E-state index contributed by atoms with van der Waals surface area (Å²) in [5, 5.41) is -1.51.